The van der Waals surface area contributed by atoms with Gasteiger partial charge < -0.3 is 10.6 Å². The molecule has 1 heterocycles. The van der Waals surface area contributed by atoms with E-state index in [4.69, 9.17) is 0 Å². The highest BCUT2D eigenvalue weighted by Gasteiger charge is 2.39. The summed E-state index contributed by atoms with van der Waals surface area (Å²) in [6, 6.07) is 0.427. The second-order valence-corrected chi connectivity index (χ2v) is 6.45. The molecule has 3 nitrogen and oxygen atoms in total. The lowest BCUT2D eigenvalue weighted by molar-refractivity contribution is -0.133. The first-order valence-corrected chi connectivity index (χ1v) is 8.23. The molecule has 19 heavy (non-hydrogen) atoms. The van der Waals surface area contributed by atoms with Crippen molar-refractivity contribution in [2.75, 3.05) is 13.1 Å². The first-order valence-electron chi connectivity index (χ1n) is 8.23. The molecule has 2 aliphatic rings. The van der Waals surface area contributed by atoms with Crippen LogP contribution in [0.3, 0.4) is 0 Å². The summed E-state index contributed by atoms with van der Waals surface area (Å²) in [6.45, 7) is 6.34. The normalized spacial score (nSPS) is 35.9. The molecule has 2 N–H and O–H groups in total. The van der Waals surface area contributed by atoms with Gasteiger partial charge in [-0.15, -0.1) is 0 Å². The summed E-state index contributed by atoms with van der Waals surface area (Å²) >= 11 is 0. The number of nitrogens with one attached hydrogen (secondary N) is 2. The Kier molecular flexibility index (Phi) is 5.26. The van der Waals surface area contributed by atoms with Gasteiger partial charge in [-0.05, 0) is 44.6 Å². The Morgan fingerprint density at radius 1 is 1.26 bits per heavy atom. The fourth-order valence-electron chi connectivity index (χ4n) is 3.83. The van der Waals surface area contributed by atoms with E-state index in [1.807, 2.05) is 0 Å². The molecule has 0 aromatic rings. The fourth-order valence-corrected chi connectivity index (χ4v) is 3.83. The minimum absolute atomic E-state index is 0.145. The van der Waals surface area contributed by atoms with Crippen LogP contribution in [0.25, 0.3) is 0 Å². The van der Waals surface area contributed by atoms with Gasteiger partial charge in [-0.2, -0.15) is 0 Å². The van der Waals surface area contributed by atoms with E-state index >= 15 is 0 Å². The van der Waals surface area contributed by atoms with E-state index in [9.17, 15) is 4.79 Å². The van der Waals surface area contributed by atoms with Crippen LogP contribution in [0.15, 0.2) is 0 Å². The van der Waals surface area contributed by atoms with Crippen LogP contribution in [0.2, 0.25) is 0 Å². The van der Waals surface area contributed by atoms with E-state index < -0.39 is 0 Å². The largest absolute Gasteiger partial charge is 0.353 e. The summed E-state index contributed by atoms with van der Waals surface area (Å²) in [5.74, 6) is 1.01. The second-order valence-electron chi connectivity index (χ2n) is 6.45. The predicted octanol–water partition coefficient (Wildman–Crippen LogP) is 2.85. The molecule has 1 aliphatic carbocycles. The molecule has 0 aromatic heterocycles. The van der Waals surface area contributed by atoms with Crippen molar-refractivity contribution in [2.45, 2.75) is 71.3 Å². The number of carbonyl (C=O) groups excluding carboxylic acids is 1. The third-order valence-corrected chi connectivity index (χ3v) is 5.38. The molecule has 0 bridgehead atoms. The molecule has 1 aliphatic heterocycles. The van der Waals surface area contributed by atoms with E-state index in [2.05, 4.69) is 24.5 Å². The van der Waals surface area contributed by atoms with Crippen molar-refractivity contribution in [3.63, 3.8) is 0 Å². The van der Waals surface area contributed by atoms with Crippen LogP contribution in [0.5, 0.6) is 0 Å². The third-order valence-electron chi connectivity index (χ3n) is 5.38. The van der Waals surface area contributed by atoms with E-state index in [0.29, 0.717) is 17.9 Å². The number of piperidine rings is 1. The molecule has 3 unspecified atom stereocenters. The van der Waals surface area contributed by atoms with Crippen LogP contribution in [-0.2, 0) is 4.79 Å². The average Bonchev–Trinajstić information content (AvgIpc) is 2.48. The van der Waals surface area contributed by atoms with Gasteiger partial charge in [0.1, 0.15) is 0 Å². The lowest BCUT2D eigenvalue weighted by atomic mass is 9.76. The molecule has 0 radical (unpaired) electrons. The summed E-state index contributed by atoms with van der Waals surface area (Å²) in [6.07, 6.45) is 9.41. The molecular formula is C16H30N2O. The minimum Gasteiger partial charge on any atom is -0.353 e. The highest BCUT2D eigenvalue weighted by atomic mass is 16.2. The van der Waals surface area contributed by atoms with Gasteiger partial charge in [0.25, 0.3) is 0 Å². The summed E-state index contributed by atoms with van der Waals surface area (Å²) in [5.41, 5.74) is -0.145. The number of hydrogen-bond acceptors (Lipinski definition) is 2. The Bertz CT molecular complexity index is 297. The Hall–Kier alpha value is -0.570. The SMILES string of the molecule is CCC1CCCCC1NC(=O)C1(CC)CCCNC1. The quantitative estimate of drug-likeness (QED) is 0.821. The maximum Gasteiger partial charge on any atom is 0.227 e. The Labute approximate surface area is 117 Å². The Morgan fingerprint density at radius 3 is 2.68 bits per heavy atom. The molecule has 2 rings (SSSR count). The average molecular weight is 266 g/mol. The predicted molar refractivity (Wildman–Crippen MR) is 79.0 cm³/mol. The number of rotatable bonds is 4. The standard InChI is InChI=1S/C16H30N2O/c1-3-13-8-5-6-9-14(13)18-15(19)16(4-2)10-7-11-17-12-16/h13-14,17H,3-12H2,1-2H3,(H,18,19). The monoisotopic (exact) mass is 266 g/mol. The molecule has 1 amide bonds. The van der Waals surface area contributed by atoms with Gasteiger partial charge >= 0.3 is 0 Å². The zero-order chi connectivity index (χ0) is 13.7. The van der Waals surface area contributed by atoms with E-state index in [1.165, 1.54) is 32.1 Å². The van der Waals surface area contributed by atoms with Crippen molar-refractivity contribution in [3.8, 4) is 0 Å². The van der Waals surface area contributed by atoms with E-state index in [1.54, 1.807) is 0 Å². The highest BCUT2D eigenvalue weighted by Crippen LogP contribution is 2.32. The molecule has 3 heteroatoms. The van der Waals surface area contributed by atoms with Crippen LogP contribution < -0.4 is 10.6 Å². The van der Waals surface area contributed by atoms with Crippen LogP contribution in [0, 0.1) is 11.3 Å². The zero-order valence-electron chi connectivity index (χ0n) is 12.6. The molecule has 0 aromatic carbocycles. The lowest BCUT2D eigenvalue weighted by Crippen LogP contribution is -2.54. The lowest BCUT2D eigenvalue weighted by Gasteiger charge is -2.39. The van der Waals surface area contributed by atoms with Crippen LogP contribution in [0.1, 0.15) is 65.2 Å². The molecular weight excluding hydrogens is 236 g/mol. The van der Waals surface area contributed by atoms with E-state index in [0.717, 1.165) is 32.4 Å². The maximum absolute atomic E-state index is 12.7. The van der Waals surface area contributed by atoms with Crippen LogP contribution >= 0.6 is 0 Å². The smallest absolute Gasteiger partial charge is 0.227 e. The van der Waals surface area contributed by atoms with Gasteiger partial charge in [-0.25, -0.2) is 0 Å². The van der Waals surface area contributed by atoms with Crippen molar-refractivity contribution >= 4 is 5.91 Å². The van der Waals surface area contributed by atoms with Crippen molar-refractivity contribution in [3.05, 3.63) is 0 Å². The molecule has 0 spiro atoms. The van der Waals surface area contributed by atoms with Crippen molar-refractivity contribution in [1.29, 1.82) is 0 Å². The number of carbonyl (C=O) groups is 1. The Morgan fingerprint density at radius 2 is 2.05 bits per heavy atom. The molecule has 1 saturated heterocycles. The Balaban J connectivity index is 1.98. The summed E-state index contributed by atoms with van der Waals surface area (Å²) in [7, 11) is 0. The van der Waals surface area contributed by atoms with Gasteiger partial charge in [0.15, 0.2) is 0 Å². The maximum atomic E-state index is 12.7. The summed E-state index contributed by atoms with van der Waals surface area (Å²) in [4.78, 5) is 12.7. The zero-order valence-corrected chi connectivity index (χ0v) is 12.6. The van der Waals surface area contributed by atoms with Gasteiger partial charge in [-0.3, -0.25) is 4.79 Å². The first-order chi connectivity index (χ1) is 9.22. The number of hydrogen-bond donors (Lipinski definition) is 2. The van der Waals surface area contributed by atoms with Gasteiger partial charge in [-0.1, -0.05) is 33.1 Å². The van der Waals surface area contributed by atoms with Crippen molar-refractivity contribution < 1.29 is 4.79 Å². The highest BCUT2D eigenvalue weighted by molar-refractivity contribution is 5.83. The summed E-state index contributed by atoms with van der Waals surface area (Å²) < 4.78 is 0. The third kappa shape index (κ3) is 3.31. The van der Waals surface area contributed by atoms with Crippen LogP contribution in [0.4, 0.5) is 0 Å². The first kappa shape index (κ1) is 14.8. The second kappa shape index (κ2) is 6.74. The van der Waals surface area contributed by atoms with Crippen LogP contribution in [-0.4, -0.2) is 25.0 Å². The van der Waals surface area contributed by atoms with Crippen molar-refractivity contribution in [2.24, 2.45) is 11.3 Å². The number of amides is 1. The topological polar surface area (TPSA) is 41.1 Å². The minimum atomic E-state index is -0.145. The molecule has 2 fully saturated rings. The van der Waals surface area contributed by atoms with Crippen molar-refractivity contribution in [1.82, 2.24) is 10.6 Å². The van der Waals surface area contributed by atoms with E-state index in [-0.39, 0.29) is 5.41 Å². The molecule has 3 atom stereocenters. The summed E-state index contributed by atoms with van der Waals surface area (Å²) in [5, 5.41) is 6.81. The van der Waals surface area contributed by atoms with Gasteiger partial charge in [0.05, 0.1) is 5.41 Å². The molecule has 110 valence electrons. The fraction of sp³-hybridized carbons (Fsp3) is 0.938. The van der Waals surface area contributed by atoms with Gasteiger partial charge in [0, 0.05) is 12.6 Å². The molecule has 1 saturated carbocycles. The van der Waals surface area contributed by atoms with Gasteiger partial charge in [0.2, 0.25) is 5.91 Å².